The van der Waals surface area contributed by atoms with Crippen molar-refractivity contribution in [2.24, 2.45) is 4.99 Å². The maximum atomic E-state index is 13.9. The number of ketones is 1. The summed E-state index contributed by atoms with van der Waals surface area (Å²) in [7, 11) is 4.57. The summed E-state index contributed by atoms with van der Waals surface area (Å²) < 4.78 is 25.6. The molecule has 0 radical (unpaired) electrons. The van der Waals surface area contributed by atoms with Crippen LogP contribution in [0.15, 0.2) is 78.5 Å². The molecule has 5 rings (SSSR count). The van der Waals surface area contributed by atoms with Crippen LogP contribution in [0.4, 0.5) is 0 Å². The van der Waals surface area contributed by atoms with Gasteiger partial charge in [0.05, 0.1) is 31.9 Å². The molecular weight excluding hydrogens is 596 g/mol. The number of hydrogen-bond acceptors (Lipinski definition) is 8. The fourth-order valence-corrected chi connectivity index (χ4v) is 6.23. The highest BCUT2D eigenvalue weighted by atomic mass is 79.9. The van der Waals surface area contributed by atoms with Crippen LogP contribution in [-0.2, 0) is 4.79 Å². The zero-order chi connectivity index (χ0) is 28.6. The Kier molecular flexibility index (Phi) is 7.82. The van der Waals surface area contributed by atoms with E-state index in [1.54, 1.807) is 36.6 Å². The van der Waals surface area contributed by atoms with Crippen molar-refractivity contribution in [3.05, 3.63) is 95.3 Å². The fraction of sp³-hybridized carbons (Fsp3) is 0.233. The number of rotatable bonds is 8. The van der Waals surface area contributed by atoms with Crippen molar-refractivity contribution in [2.75, 3.05) is 21.3 Å². The summed E-state index contributed by atoms with van der Waals surface area (Å²) in [4.78, 5) is 32.3. The van der Waals surface area contributed by atoms with Gasteiger partial charge in [-0.3, -0.25) is 14.2 Å². The average molecular weight is 624 g/mol. The molecule has 0 amide bonds. The van der Waals surface area contributed by atoms with Gasteiger partial charge in [0, 0.05) is 33.8 Å². The van der Waals surface area contributed by atoms with Gasteiger partial charge in [0.25, 0.3) is 5.56 Å². The first-order valence-electron chi connectivity index (χ1n) is 12.5. The Morgan fingerprint density at radius 1 is 1.10 bits per heavy atom. The summed E-state index contributed by atoms with van der Waals surface area (Å²) in [6.07, 6.45) is 1.97. The Hall–Kier alpha value is -3.89. The highest BCUT2D eigenvalue weighted by Crippen LogP contribution is 2.42. The van der Waals surface area contributed by atoms with E-state index in [9.17, 15) is 9.59 Å². The van der Waals surface area contributed by atoms with Gasteiger partial charge in [0.2, 0.25) is 5.75 Å². The van der Waals surface area contributed by atoms with Gasteiger partial charge in [-0.1, -0.05) is 46.3 Å². The van der Waals surface area contributed by atoms with E-state index in [4.69, 9.17) is 18.6 Å². The van der Waals surface area contributed by atoms with Crippen molar-refractivity contribution >= 4 is 39.1 Å². The van der Waals surface area contributed by atoms with E-state index in [1.807, 2.05) is 36.4 Å². The van der Waals surface area contributed by atoms with Crippen molar-refractivity contribution in [1.82, 2.24) is 4.57 Å². The summed E-state index contributed by atoms with van der Waals surface area (Å²) in [6.45, 7) is 3.58. The number of Topliss-reactive ketones (excluding diaryl/α,β-unsaturated/α-hetero) is 1. The standard InChI is InChI=1S/C30H27BrN2O6S/c1-6-21(34)26-16(2)32-30-33(27(26)18-13-23(36-3)28(38-5)24(14-18)37-4)29(35)25(40-30)15-20-10-11-22(39-20)17-8-7-9-19(31)12-17/h7-15,27H,6H2,1-5H3/b25-15-. The first-order chi connectivity index (χ1) is 19.3. The number of thiazole rings is 1. The number of furan rings is 1. The van der Waals surface area contributed by atoms with Crippen molar-refractivity contribution in [1.29, 1.82) is 0 Å². The number of nitrogens with zero attached hydrogens (tertiary/aromatic N) is 2. The van der Waals surface area contributed by atoms with Crippen LogP contribution in [0.5, 0.6) is 17.2 Å². The molecule has 1 unspecified atom stereocenters. The van der Waals surface area contributed by atoms with Crippen LogP contribution in [-0.4, -0.2) is 31.7 Å². The highest BCUT2D eigenvalue weighted by molar-refractivity contribution is 9.10. The molecule has 0 N–H and O–H groups in total. The molecule has 8 nitrogen and oxygen atoms in total. The predicted molar refractivity (Wildman–Crippen MR) is 157 cm³/mol. The summed E-state index contributed by atoms with van der Waals surface area (Å²) in [5, 5.41) is 0. The third kappa shape index (κ3) is 4.93. The highest BCUT2D eigenvalue weighted by Gasteiger charge is 2.33. The third-order valence-electron chi connectivity index (χ3n) is 6.66. The van der Waals surface area contributed by atoms with Gasteiger partial charge in [0.1, 0.15) is 11.5 Å². The number of carbonyl (C=O) groups excluding carboxylic acids is 1. The average Bonchev–Trinajstić information content (AvgIpc) is 3.55. The molecule has 0 aliphatic carbocycles. The molecule has 0 bridgehead atoms. The topological polar surface area (TPSA) is 92.3 Å². The second kappa shape index (κ2) is 11.3. The summed E-state index contributed by atoms with van der Waals surface area (Å²) >= 11 is 4.73. The molecule has 1 aliphatic rings. The van der Waals surface area contributed by atoms with Crippen LogP contribution in [0.3, 0.4) is 0 Å². The molecular formula is C30H27BrN2O6S. The number of methoxy groups -OCH3 is 3. The van der Waals surface area contributed by atoms with Gasteiger partial charge in [-0.15, -0.1) is 0 Å². The van der Waals surface area contributed by atoms with E-state index in [0.29, 0.717) is 54.9 Å². The second-order valence-electron chi connectivity index (χ2n) is 9.03. The molecule has 2 aromatic heterocycles. The van der Waals surface area contributed by atoms with Crippen molar-refractivity contribution in [3.63, 3.8) is 0 Å². The quantitative estimate of drug-likeness (QED) is 0.266. The first-order valence-corrected chi connectivity index (χ1v) is 14.1. The van der Waals surface area contributed by atoms with Crippen molar-refractivity contribution in [3.8, 4) is 28.6 Å². The van der Waals surface area contributed by atoms with Gasteiger partial charge in [-0.05, 0) is 48.9 Å². The number of fused-ring (bicyclic) bond motifs is 1. The Bertz CT molecular complexity index is 1810. The van der Waals surface area contributed by atoms with Gasteiger partial charge in [-0.25, -0.2) is 4.99 Å². The smallest absolute Gasteiger partial charge is 0.271 e. The van der Waals surface area contributed by atoms with Crippen LogP contribution in [0.2, 0.25) is 0 Å². The van der Waals surface area contributed by atoms with Crippen LogP contribution in [0.1, 0.15) is 37.6 Å². The molecule has 2 aromatic carbocycles. The number of benzene rings is 2. The molecule has 40 heavy (non-hydrogen) atoms. The lowest BCUT2D eigenvalue weighted by molar-refractivity contribution is -0.115. The molecule has 206 valence electrons. The van der Waals surface area contributed by atoms with Crippen LogP contribution >= 0.6 is 27.3 Å². The zero-order valence-electron chi connectivity index (χ0n) is 22.6. The lowest BCUT2D eigenvalue weighted by atomic mass is 9.91. The van der Waals surface area contributed by atoms with E-state index in [0.717, 1.165) is 10.0 Å². The van der Waals surface area contributed by atoms with E-state index < -0.39 is 6.04 Å². The Balaban J connectivity index is 1.69. The number of carbonyl (C=O) groups is 1. The van der Waals surface area contributed by atoms with E-state index in [2.05, 4.69) is 20.9 Å². The molecule has 0 spiro atoms. The molecule has 1 atom stereocenters. The maximum absolute atomic E-state index is 13.9. The number of hydrogen-bond donors (Lipinski definition) is 0. The molecule has 0 saturated carbocycles. The van der Waals surface area contributed by atoms with Gasteiger partial charge in [0.15, 0.2) is 22.1 Å². The van der Waals surface area contributed by atoms with Crippen LogP contribution < -0.4 is 29.1 Å². The SMILES string of the molecule is CCC(=O)C1=C(C)N=c2s/c(=C\c3ccc(-c4cccc(Br)c4)o3)c(=O)n2C1c1cc(OC)c(OC)c(OC)c1. The third-order valence-corrected chi connectivity index (χ3v) is 8.13. The van der Waals surface area contributed by atoms with E-state index in [-0.39, 0.29) is 17.8 Å². The van der Waals surface area contributed by atoms with Gasteiger partial charge >= 0.3 is 0 Å². The number of aromatic nitrogens is 1. The maximum Gasteiger partial charge on any atom is 0.271 e. The minimum absolute atomic E-state index is 0.0982. The summed E-state index contributed by atoms with van der Waals surface area (Å²) in [5.41, 5.74) is 2.29. The normalized spacial score (nSPS) is 15.1. The Morgan fingerprint density at radius 3 is 2.45 bits per heavy atom. The number of ether oxygens (including phenoxy) is 3. The summed E-state index contributed by atoms with van der Waals surface area (Å²) in [5.74, 6) is 2.39. The Labute approximate surface area is 243 Å². The van der Waals surface area contributed by atoms with Gasteiger partial charge in [-0.2, -0.15) is 0 Å². The molecule has 10 heteroatoms. The monoisotopic (exact) mass is 622 g/mol. The zero-order valence-corrected chi connectivity index (χ0v) is 25.0. The first kappa shape index (κ1) is 27.7. The largest absolute Gasteiger partial charge is 0.493 e. The van der Waals surface area contributed by atoms with Gasteiger partial charge < -0.3 is 18.6 Å². The Morgan fingerprint density at radius 2 is 1.82 bits per heavy atom. The number of halogens is 1. The summed E-state index contributed by atoms with van der Waals surface area (Å²) in [6, 6.07) is 14.3. The lowest BCUT2D eigenvalue weighted by Gasteiger charge is -2.26. The predicted octanol–water partition coefficient (Wildman–Crippen LogP) is 5.26. The molecule has 4 aromatic rings. The molecule has 0 fully saturated rings. The van der Waals surface area contributed by atoms with Crippen LogP contribution in [0, 0.1) is 0 Å². The fourth-order valence-electron chi connectivity index (χ4n) is 4.80. The van der Waals surface area contributed by atoms with Crippen molar-refractivity contribution in [2.45, 2.75) is 26.3 Å². The van der Waals surface area contributed by atoms with Crippen LogP contribution in [0.25, 0.3) is 17.4 Å². The molecule has 1 aliphatic heterocycles. The van der Waals surface area contributed by atoms with E-state index >= 15 is 0 Å². The minimum Gasteiger partial charge on any atom is -0.493 e. The van der Waals surface area contributed by atoms with Crippen molar-refractivity contribution < 1.29 is 23.4 Å². The lowest BCUT2D eigenvalue weighted by Crippen LogP contribution is -2.39. The minimum atomic E-state index is -0.728. The molecule has 0 saturated heterocycles. The number of allylic oxidation sites excluding steroid dienone is 2. The molecule has 3 heterocycles. The van der Waals surface area contributed by atoms with E-state index in [1.165, 1.54) is 32.7 Å². The second-order valence-corrected chi connectivity index (χ2v) is 11.0.